The first-order valence-corrected chi connectivity index (χ1v) is 6.08. The molecule has 0 heterocycles. The molecule has 0 saturated heterocycles. The van der Waals surface area contributed by atoms with Gasteiger partial charge < -0.3 is 9.84 Å². The van der Waals surface area contributed by atoms with Crippen molar-refractivity contribution in [2.45, 2.75) is 13.3 Å². The maximum Gasteiger partial charge on any atom is 0.339 e. The largest absolute Gasteiger partial charge is 0.478 e. The van der Waals surface area contributed by atoms with E-state index in [9.17, 15) is 4.79 Å². The summed E-state index contributed by atoms with van der Waals surface area (Å²) in [5.41, 5.74) is 1.88. The average Bonchev–Trinajstić information content (AvgIpc) is 2.43. The number of rotatable bonds is 4. The van der Waals surface area contributed by atoms with Crippen LogP contribution in [0.4, 0.5) is 0 Å². The lowest BCUT2D eigenvalue weighted by Crippen LogP contribution is -2.00. The van der Waals surface area contributed by atoms with Crippen molar-refractivity contribution in [1.82, 2.24) is 0 Å². The molecule has 2 aromatic rings. The minimum atomic E-state index is -1.02. The first-order chi connectivity index (χ1) is 9.60. The van der Waals surface area contributed by atoms with Gasteiger partial charge in [0.2, 0.25) is 0 Å². The number of hydrogen-bond acceptors (Lipinski definition) is 3. The number of hydrogen-bond donors (Lipinski definition) is 1. The third-order valence-corrected chi connectivity index (χ3v) is 2.80. The maximum absolute atomic E-state index is 11.2. The van der Waals surface area contributed by atoms with Crippen LogP contribution in [0, 0.1) is 18.3 Å². The zero-order valence-corrected chi connectivity index (χ0v) is 11.0. The molecule has 0 aliphatic carbocycles. The van der Waals surface area contributed by atoms with E-state index in [4.69, 9.17) is 15.1 Å². The standard InChI is InChI=1S/C16H13NO3/c1-11-2-7-15(14(10-11)16(18)19)20-13-5-3-12(4-6-13)8-9-17/h2-7,10H,8H2,1H3,(H,18,19). The van der Waals surface area contributed by atoms with Crippen molar-refractivity contribution in [2.75, 3.05) is 0 Å². The number of carboxylic acids is 1. The zero-order chi connectivity index (χ0) is 14.5. The van der Waals surface area contributed by atoms with E-state index in [1.165, 1.54) is 0 Å². The average molecular weight is 267 g/mol. The molecule has 0 spiro atoms. The number of benzene rings is 2. The maximum atomic E-state index is 11.2. The molecule has 1 N–H and O–H groups in total. The molecule has 2 aromatic carbocycles. The Balaban J connectivity index is 2.26. The van der Waals surface area contributed by atoms with Gasteiger partial charge in [0.1, 0.15) is 17.1 Å². The second kappa shape index (κ2) is 5.89. The molecule has 0 aliphatic heterocycles. The van der Waals surface area contributed by atoms with E-state index in [2.05, 4.69) is 6.07 Å². The third-order valence-electron chi connectivity index (χ3n) is 2.80. The van der Waals surface area contributed by atoms with Gasteiger partial charge in [0, 0.05) is 0 Å². The van der Waals surface area contributed by atoms with Crippen molar-refractivity contribution in [3.8, 4) is 17.6 Å². The molecule has 2 rings (SSSR count). The number of carbonyl (C=O) groups is 1. The van der Waals surface area contributed by atoms with Gasteiger partial charge in [-0.25, -0.2) is 4.79 Å². The van der Waals surface area contributed by atoms with E-state index in [-0.39, 0.29) is 5.56 Å². The van der Waals surface area contributed by atoms with E-state index in [1.54, 1.807) is 42.5 Å². The van der Waals surface area contributed by atoms with Gasteiger partial charge in [-0.05, 0) is 36.8 Å². The Morgan fingerprint density at radius 2 is 1.95 bits per heavy atom. The summed E-state index contributed by atoms with van der Waals surface area (Å²) in [7, 11) is 0. The highest BCUT2D eigenvalue weighted by Gasteiger charge is 2.12. The second-order valence-corrected chi connectivity index (χ2v) is 4.39. The molecule has 0 atom stereocenters. The number of nitrogens with zero attached hydrogens (tertiary/aromatic N) is 1. The number of aryl methyl sites for hydroxylation is 1. The molecular formula is C16H13NO3. The molecule has 0 saturated carbocycles. The summed E-state index contributed by atoms with van der Waals surface area (Å²) in [6.07, 6.45) is 0.338. The lowest BCUT2D eigenvalue weighted by Gasteiger charge is -2.09. The van der Waals surface area contributed by atoms with E-state index in [0.717, 1.165) is 11.1 Å². The molecule has 0 unspecified atom stereocenters. The lowest BCUT2D eigenvalue weighted by atomic mass is 10.1. The highest BCUT2D eigenvalue weighted by atomic mass is 16.5. The molecule has 4 nitrogen and oxygen atoms in total. The predicted molar refractivity (Wildman–Crippen MR) is 74.0 cm³/mol. The van der Waals surface area contributed by atoms with Gasteiger partial charge in [-0.1, -0.05) is 23.8 Å². The highest BCUT2D eigenvalue weighted by Crippen LogP contribution is 2.26. The highest BCUT2D eigenvalue weighted by molar-refractivity contribution is 5.91. The van der Waals surface area contributed by atoms with Crippen LogP contribution in [0.3, 0.4) is 0 Å². The van der Waals surface area contributed by atoms with E-state index in [0.29, 0.717) is 17.9 Å². The van der Waals surface area contributed by atoms with Gasteiger partial charge in [0.25, 0.3) is 0 Å². The summed E-state index contributed by atoms with van der Waals surface area (Å²) in [5.74, 6) is -0.182. The van der Waals surface area contributed by atoms with Gasteiger partial charge in [-0.3, -0.25) is 0 Å². The van der Waals surface area contributed by atoms with E-state index < -0.39 is 5.97 Å². The number of aromatic carboxylic acids is 1. The summed E-state index contributed by atoms with van der Waals surface area (Å²) in [4.78, 5) is 11.2. The lowest BCUT2D eigenvalue weighted by molar-refractivity contribution is 0.0694. The Hall–Kier alpha value is -2.80. The van der Waals surface area contributed by atoms with Crippen molar-refractivity contribution in [2.24, 2.45) is 0 Å². The molecule has 4 heteroatoms. The Bertz CT molecular complexity index is 669. The van der Waals surface area contributed by atoms with Crippen LogP contribution in [-0.4, -0.2) is 11.1 Å². The Labute approximate surface area is 116 Å². The van der Waals surface area contributed by atoms with Crippen LogP contribution in [0.2, 0.25) is 0 Å². The summed E-state index contributed by atoms with van der Waals surface area (Å²) in [6, 6.07) is 14.1. The minimum absolute atomic E-state index is 0.131. The van der Waals surface area contributed by atoms with Gasteiger partial charge in [-0.2, -0.15) is 5.26 Å². The van der Waals surface area contributed by atoms with E-state index >= 15 is 0 Å². The monoisotopic (exact) mass is 267 g/mol. The molecule has 0 aromatic heterocycles. The summed E-state index contributed by atoms with van der Waals surface area (Å²) in [6.45, 7) is 1.83. The van der Waals surface area contributed by atoms with Crippen LogP contribution >= 0.6 is 0 Å². The zero-order valence-electron chi connectivity index (χ0n) is 11.0. The number of carboxylic acid groups (broad SMARTS) is 1. The van der Waals surface area contributed by atoms with Gasteiger partial charge in [0.05, 0.1) is 12.5 Å². The first-order valence-electron chi connectivity index (χ1n) is 6.08. The van der Waals surface area contributed by atoms with Crippen LogP contribution in [0.15, 0.2) is 42.5 Å². The van der Waals surface area contributed by atoms with Crippen LogP contribution in [-0.2, 0) is 6.42 Å². The molecule has 0 bridgehead atoms. The number of ether oxygens (including phenoxy) is 1. The van der Waals surface area contributed by atoms with Crippen molar-refractivity contribution >= 4 is 5.97 Å². The molecule has 0 radical (unpaired) electrons. The van der Waals surface area contributed by atoms with Crippen molar-refractivity contribution in [3.05, 3.63) is 59.2 Å². The van der Waals surface area contributed by atoms with Gasteiger partial charge in [0.15, 0.2) is 0 Å². The predicted octanol–water partition coefficient (Wildman–Crippen LogP) is 3.55. The van der Waals surface area contributed by atoms with Crippen LogP contribution in [0.5, 0.6) is 11.5 Å². The van der Waals surface area contributed by atoms with Crippen LogP contribution in [0.1, 0.15) is 21.5 Å². The fraction of sp³-hybridized carbons (Fsp3) is 0.125. The fourth-order valence-corrected chi connectivity index (χ4v) is 1.79. The SMILES string of the molecule is Cc1ccc(Oc2ccc(CC#N)cc2)c(C(=O)O)c1. The smallest absolute Gasteiger partial charge is 0.339 e. The van der Waals surface area contributed by atoms with E-state index in [1.807, 2.05) is 6.92 Å². The molecule has 0 fully saturated rings. The molecule has 0 aliphatic rings. The molecule has 20 heavy (non-hydrogen) atoms. The normalized spacial score (nSPS) is 9.80. The summed E-state index contributed by atoms with van der Waals surface area (Å²) < 4.78 is 5.60. The Morgan fingerprint density at radius 3 is 2.55 bits per heavy atom. The van der Waals surface area contributed by atoms with Gasteiger partial charge >= 0.3 is 5.97 Å². The van der Waals surface area contributed by atoms with Crippen LogP contribution < -0.4 is 4.74 Å². The molecular weight excluding hydrogens is 254 g/mol. The molecule has 0 amide bonds. The summed E-state index contributed by atoms with van der Waals surface area (Å²) >= 11 is 0. The first kappa shape index (κ1) is 13.6. The van der Waals surface area contributed by atoms with Crippen molar-refractivity contribution < 1.29 is 14.6 Å². The Kier molecular flexibility index (Phi) is 4.02. The Morgan fingerprint density at radius 1 is 1.25 bits per heavy atom. The minimum Gasteiger partial charge on any atom is -0.478 e. The summed E-state index contributed by atoms with van der Waals surface area (Å²) in [5, 5.41) is 17.8. The van der Waals surface area contributed by atoms with Gasteiger partial charge in [-0.15, -0.1) is 0 Å². The number of nitriles is 1. The van der Waals surface area contributed by atoms with Crippen molar-refractivity contribution in [1.29, 1.82) is 5.26 Å². The molecule has 100 valence electrons. The van der Waals surface area contributed by atoms with Crippen LogP contribution in [0.25, 0.3) is 0 Å². The second-order valence-electron chi connectivity index (χ2n) is 4.39. The fourth-order valence-electron chi connectivity index (χ4n) is 1.79. The topological polar surface area (TPSA) is 70.3 Å². The quantitative estimate of drug-likeness (QED) is 0.919. The third kappa shape index (κ3) is 3.15. The van der Waals surface area contributed by atoms with Crippen molar-refractivity contribution in [3.63, 3.8) is 0 Å².